The summed E-state index contributed by atoms with van der Waals surface area (Å²) in [6.45, 7) is 5.40. The number of aromatic nitrogens is 2. The van der Waals surface area contributed by atoms with Gasteiger partial charge in [0.25, 0.3) is 0 Å². The van der Waals surface area contributed by atoms with Gasteiger partial charge in [0.05, 0.1) is 5.37 Å². The molecule has 1 rings (SSSR count). The van der Waals surface area contributed by atoms with E-state index in [9.17, 15) is 0 Å². The molecular weight excluding hydrogens is 194 g/mol. The lowest BCUT2D eigenvalue weighted by Gasteiger charge is -2.11. The molecule has 0 aromatic carbocycles. The van der Waals surface area contributed by atoms with Gasteiger partial charge in [-0.15, -0.1) is 0 Å². The summed E-state index contributed by atoms with van der Waals surface area (Å²) in [6.07, 6.45) is 6.00. The average Bonchev–Trinajstić information content (AvgIpc) is 2.20. The minimum Gasteiger partial charge on any atom is -0.305 e. The highest BCUT2D eigenvalue weighted by atomic mass is 32.2. The van der Waals surface area contributed by atoms with Crippen LogP contribution in [0.3, 0.4) is 0 Å². The second-order valence-electron chi connectivity index (χ2n) is 3.10. The molecule has 14 heavy (non-hydrogen) atoms. The Hall–Kier alpha value is -0.610. The third kappa shape index (κ3) is 4.58. The molecule has 0 aliphatic heterocycles. The predicted octanol–water partition coefficient (Wildman–Crippen LogP) is 2.30. The van der Waals surface area contributed by atoms with Gasteiger partial charge in [-0.1, -0.05) is 25.1 Å². The zero-order valence-corrected chi connectivity index (χ0v) is 9.55. The quantitative estimate of drug-likeness (QED) is 0.339. The second-order valence-corrected chi connectivity index (χ2v) is 4.41. The van der Waals surface area contributed by atoms with Gasteiger partial charge in [0.1, 0.15) is 0 Å². The van der Waals surface area contributed by atoms with Crippen molar-refractivity contribution in [3.05, 3.63) is 18.5 Å². The molecule has 0 aliphatic rings. The van der Waals surface area contributed by atoms with Crippen LogP contribution in [0.25, 0.3) is 0 Å². The monoisotopic (exact) mass is 211 g/mol. The minimum absolute atomic E-state index is 0.379. The lowest BCUT2D eigenvalue weighted by Crippen LogP contribution is -2.23. The standard InChI is InChI=1S/C10H17N3S/c1-3-4-6-11-9(2)14-10-12-7-5-8-13-10/h5,7-9,11H,3-4,6H2,1-2H3. The molecule has 0 saturated heterocycles. The molecule has 0 spiro atoms. The van der Waals surface area contributed by atoms with Crippen molar-refractivity contribution in [2.75, 3.05) is 6.54 Å². The van der Waals surface area contributed by atoms with E-state index in [0.717, 1.165) is 11.7 Å². The molecule has 1 atom stereocenters. The fraction of sp³-hybridized carbons (Fsp3) is 0.600. The molecule has 1 aromatic heterocycles. The first-order valence-corrected chi connectivity index (χ1v) is 5.88. The molecule has 0 radical (unpaired) electrons. The van der Waals surface area contributed by atoms with Gasteiger partial charge >= 0.3 is 0 Å². The fourth-order valence-electron chi connectivity index (χ4n) is 1.03. The van der Waals surface area contributed by atoms with E-state index < -0.39 is 0 Å². The Morgan fingerprint density at radius 1 is 1.43 bits per heavy atom. The number of hydrogen-bond donors (Lipinski definition) is 1. The van der Waals surface area contributed by atoms with Crippen molar-refractivity contribution in [1.82, 2.24) is 15.3 Å². The molecule has 0 aliphatic carbocycles. The summed E-state index contributed by atoms with van der Waals surface area (Å²) < 4.78 is 0. The Kier molecular flexibility index (Phi) is 5.56. The predicted molar refractivity (Wildman–Crippen MR) is 60.3 cm³/mol. The molecule has 1 N–H and O–H groups in total. The first-order chi connectivity index (χ1) is 6.83. The molecule has 0 fully saturated rings. The summed E-state index contributed by atoms with van der Waals surface area (Å²) in [5, 5.41) is 4.63. The summed E-state index contributed by atoms with van der Waals surface area (Å²) in [7, 11) is 0. The van der Waals surface area contributed by atoms with Gasteiger partial charge in [0, 0.05) is 12.4 Å². The Morgan fingerprint density at radius 3 is 2.79 bits per heavy atom. The largest absolute Gasteiger partial charge is 0.305 e. The fourth-order valence-corrected chi connectivity index (χ4v) is 1.79. The second kappa shape index (κ2) is 6.79. The van der Waals surface area contributed by atoms with E-state index in [0.29, 0.717) is 5.37 Å². The molecule has 78 valence electrons. The van der Waals surface area contributed by atoms with E-state index in [4.69, 9.17) is 0 Å². The van der Waals surface area contributed by atoms with Crippen LogP contribution in [-0.2, 0) is 0 Å². The maximum absolute atomic E-state index is 4.16. The number of nitrogens with zero attached hydrogens (tertiary/aromatic N) is 2. The summed E-state index contributed by atoms with van der Waals surface area (Å²) in [6, 6.07) is 1.83. The summed E-state index contributed by atoms with van der Waals surface area (Å²) >= 11 is 1.66. The Labute approximate surface area is 89.7 Å². The van der Waals surface area contributed by atoms with Gasteiger partial charge in [-0.25, -0.2) is 9.97 Å². The van der Waals surface area contributed by atoms with Crippen LogP contribution >= 0.6 is 11.8 Å². The number of hydrogen-bond acceptors (Lipinski definition) is 4. The van der Waals surface area contributed by atoms with Crippen molar-refractivity contribution in [1.29, 1.82) is 0 Å². The first-order valence-electron chi connectivity index (χ1n) is 5.00. The van der Waals surface area contributed by atoms with Crippen LogP contribution in [0.5, 0.6) is 0 Å². The van der Waals surface area contributed by atoms with Crippen molar-refractivity contribution in [3.8, 4) is 0 Å². The Morgan fingerprint density at radius 2 is 2.14 bits per heavy atom. The molecule has 0 bridgehead atoms. The SMILES string of the molecule is CCCCNC(C)Sc1ncccn1. The van der Waals surface area contributed by atoms with Crippen LogP contribution < -0.4 is 5.32 Å². The van der Waals surface area contributed by atoms with Crippen molar-refractivity contribution >= 4 is 11.8 Å². The Bertz CT molecular complexity index is 240. The lowest BCUT2D eigenvalue weighted by atomic mass is 10.3. The van der Waals surface area contributed by atoms with E-state index in [1.54, 1.807) is 24.2 Å². The van der Waals surface area contributed by atoms with Gasteiger partial charge in [-0.05, 0) is 26.0 Å². The van der Waals surface area contributed by atoms with Crippen LogP contribution in [0.1, 0.15) is 26.7 Å². The average molecular weight is 211 g/mol. The number of nitrogens with one attached hydrogen (secondary N) is 1. The van der Waals surface area contributed by atoms with Crippen LogP contribution in [0, 0.1) is 0 Å². The molecule has 0 saturated carbocycles. The molecule has 0 amide bonds. The third-order valence-corrected chi connectivity index (χ3v) is 2.73. The van der Waals surface area contributed by atoms with Crippen LogP contribution in [0.4, 0.5) is 0 Å². The summed E-state index contributed by atoms with van der Waals surface area (Å²) in [5.74, 6) is 0. The topological polar surface area (TPSA) is 37.8 Å². The highest BCUT2D eigenvalue weighted by Gasteiger charge is 2.03. The minimum atomic E-state index is 0.379. The van der Waals surface area contributed by atoms with Crippen molar-refractivity contribution < 1.29 is 0 Å². The van der Waals surface area contributed by atoms with Gasteiger partial charge in [0.15, 0.2) is 5.16 Å². The summed E-state index contributed by atoms with van der Waals surface area (Å²) in [4.78, 5) is 8.32. The van der Waals surface area contributed by atoms with Crippen molar-refractivity contribution in [2.24, 2.45) is 0 Å². The zero-order chi connectivity index (χ0) is 10.2. The number of thioether (sulfide) groups is 1. The van der Waals surface area contributed by atoms with Gasteiger partial charge < -0.3 is 5.32 Å². The Balaban J connectivity index is 2.23. The van der Waals surface area contributed by atoms with Crippen LogP contribution in [0.2, 0.25) is 0 Å². The van der Waals surface area contributed by atoms with E-state index >= 15 is 0 Å². The molecule has 1 aromatic rings. The smallest absolute Gasteiger partial charge is 0.189 e. The zero-order valence-electron chi connectivity index (χ0n) is 8.73. The summed E-state index contributed by atoms with van der Waals surface area (Å²) in [5.41, 5.74) is 0. The maximum Gasteiger partial charge on any atom is 0.189 e. The third-order valence-electron chi connectivity index (χ3n) is 1.79. The molecule has 3 nitrogen and oxygen atoms in total. The molecule has 1 unspecified atom stereocenters. The van der Waals surface area contributed by atoms with Gasteiger partial charge in [-0.2, -0.15) is 0 Å². The molecule has 1 heterocycles. The van der Waals surface area contributed by atoms with Gasteiger partial charge in [-0.3, -0.25) is 0 Å². The maximum atomic E-state index is 4.16. The first kappa shape index (κ1) is 11.5. The van der Waals surface area contributed by atoms with Gasteiger partial charge in [0.2, 0.25) is 0 Å². The molecule has 4 heteroatoms. The van der Waals surface area contributed by atoms with Crippen molar-refractivity contribution in [2.45, 2.75) is 37.2 Å². The van der Waals surface area contributed by atoms with E-state index in [-0.39, 0.29) is 0 Å². The van der Waals surface area contributed by atoms with E-state index in [1.807, 2.05) is 6.07 Å². The number of rotatable bonds is 6. The van der Waals surface area contributed by atoms with Crippen LogP contribution in [0.15, 0.2) is 23.6 Å². The van der Waals surface area contributed by atoms with Crippen LogP contribution in [-0.4, -0.2) is 21.9 Å². The van der Waals surface area contributed by atoms with E-state index in [2.05, 4.69) is 29.1 Å². The normalized spacial score (nSPS) is 12.7. The lowest BCUT2D eigenvalue weighted by molar-refractivity contribution is 0.637. The highest BCUT2D eigenvalue weighted by molar-refractivity contribution is 7.99. The highest BCUT2D eigenvalue weighted by Crippen LogP contribution is 2.15. The van der Waals surface area contributed by atoms with E-state index in [1.165, 1.54) is 12.8 Å². The van der Waals surface area contributed by atoms with Crippen molar-refractivity contribution in [3.63, 3.8) is 0 Å². The molecular formula is C10H17N3S. The number of unbranched alkanes of at least 4 members (excludes halogenated alkanes) is 1.